The first-order valence-corrected chi connectivity index (χ1v) is 7.44. The van der Waals surface area contributed by atoms with E-state index in [1.807, 2.05) is 23.3 Å². The van der Waals surface area contributed by atoms with E-state index >= 15 is 0 Å². The summed E-state index contributed by atoms with van der Waals surface area (Å²) in [6.45, 7) is 7.83. The lowest BCUT2D eigenvalue weighted by atomic mass is 10.0. The summed E-state index contributed by atoms with van der Waals surface area (Å²) in [5, 5.41) is 2.16. The van der Waals surface area contributed by atoms with Crippen molar-refractivity contribution in [3.05, 3.63) is 21.9 Å². The van der Waals surface area contributed by atoms with Crippen LogP contribution in [0.3, 0.4) is 0 Å². The van der Waals surface area contributed by atoms with Gasteiger partial charge >= 0.3 is 0 Å². The molecule has 0 fully saturated rings. The van der Waals surface area contributed by atoms with Crippen LogP contribution in [0.25, 0.3) is 0 Å². The topological polar surface area (TPSA) is 23.6 Å². The molecule has 2 heterocycles. The largest absolute Gasteiger partial charge is 0.342 e. The van der Waals surface area contributed by atoms with Gasteiger partial charge in [-0.05, 0) is 44.2 Å². The van der Waals surface area contributed by atoms with Crippen molar-refractivity contribution in [3.8, 4) is 0 Å². The molecule has 0 spiro atoms. The summed E-state index contributed by atoms with van der Waals surface area (Å²) < 4.78 is 0. The second-order valence-corrected chi connectivity index (χ2v) is 6.29. The van der Waals surface area contributed by atoms with Crippen LogP contribution >= 0.6 is 11.3 Å². The molecule has 0 bridgehead atoms. The van der Waals surface area contributed by atoms with Gasteiger partial charge in [-0.3, -0.25) is 9.69 Å². The normalized spacial score (nSPS) is 19.9. The molecule has 1 aromatic heterocycles. The molecule has 1 aromatic rings. The van der Waals surface area contributed by atoms with E-state index in [1.54, 1.807) is 0 Å². The lowest BCUT2D eigenvalue weighted by Crippen LogP contribution is -2.44. The number of amides is 1. The maximum atomic E-state index is 12.1. The van der Waals surface area contributed by atoms with Crippen molar-refractivity contribution >= 4 is 17.2 Å². The third kappa shape index (κ3) is 2.59. The Labute approximate surface area is 113 Å². The first-order chi connectivity index (χ1) is 8.50. The summed E-state index contributed by atoms with van der Waals surface area (Å²) in [4.78, 5) is 17.7. The van der Waals surface area contributed by atoms with Crippen LogP contribution in [0.2, 0.25) is 0 Å². The second-order valence-electron chi connectivity index (χ2n) is 5.29. The smallest absolute Gasteiger partial charge is 0.236 e. The molecule has 2 rings (SSSR count). The van der Waals surface area contributed by atoms with Gasteiger partial charge in [0.1, 0.15) is 0 Å². The fraction of sp³-hybridized carbons (Fsp3) is 0.643. The maximum absolute atomic E-state index is 12.1. The van der Waals surface area contributed by atoms with E-state index < -0.39 is 0 Å². The predicted molar refractivity (Wildman–Crippen MR) is 75.9 cm³/mol. The Morgan fingerprint density at radius 3 is 3.00 bits per heavy atom. The highest BCUT2D eigenvalue weighted by atomic mass is 32.1. The molecule has 0 aliphatic carbocycles. The number of carbonyl (C=O) groups is 1. The highest BCUT2D eigenvalue weighted by Gasteiger charge is 2.27. The number of carbonyl (C=O) groups excluding carboxylic acids is 1. The molecule has 0 saturated carbocycles. The Morgan fingerprint density at radius 2 is 2.33 bits per heavy atom. The minimum absolute atomic E-state index is 0.218. The Balaban J connectivity index is 2.02. The molecule has 0 N–H and O–H groups in total. The van der Waals surface area contributed by atoms with E-state index in [1.165, 1.54) is 10.4 Å². The van der Waals surface area contributed by atoms with Crippen LogP contribution < -0.4 is 0 Å². The summed E-state index contributed by atoms with van der Waals surface area (Å²) in [7, 11) is 1.89. The minimum Gasteiger partial charge on any atom is -0.342 e. The van der Waals surface area contributed by atoms with E-state index in [2.05, 4.69) is 37.1 Å². The van der Waals surface area contributed by atoms with Gasteiger partial charge in [-0.15, -0.1) is 11.3 Å². The van der Waals surface area contributed by atoms with E-state index in [4.69, 9.17) is 0 Å². The number of fused-ring (bicyclic) bond motifs is 1. The first-order valence-electron chi connectivity index (χ1n) is 6.56. The summed E-state index contributed by atoms with van der Waals surface area (Å²) in [6.07, 6.45) is 1.08. The van der Waals surface area contributed by atoms with Gasteiger partial charge in [0, 0.05) is 30.6 Å². The van der Waals surface area contributed by atoms with Crippen molar-refractivity contribution in [2.45, 2.75) is 39.3 Å². The summed E-state index contributed by atoms with van der Waals surface area (Å²) in [6, 6.07) is 2.84. The molecule has 18 heavy (non-hydrogen) atoms. The summed E-state index contributed by atoms with van der Waals surface area (Å²) in [5.41, 5.74) is 1.41. The van der Waals surface area contributed by atoms with Gasteiger partial charge in [0.15, 0.2) is 0 Å². The fourth-order valence-corrected chi connectivity index (χ4v) is 3.31. The third-order valence-corrected chi connectivity index (χ3v) is 4.91. The number of rotatable bonds is 3. The SMILES string of the molecule is CC(C)N(C)C(=O)CN1CCc2sccc2[C@@H]1C. The lowest BCUT2D eigenvalue weighted by molar-refractivity contribution is -0.133. The monoisotopic (exact) mass is 266 g/mol. The van der Waals surface area contributed by atoms with Gasteiger partial charge in [-0.2, -0.15) is 0 Å². The van der Waals surface area contributed by atoms with Crippen LogP contribution in [0.1, 0.15) is 37.3 Å². The lowest BCUT2D eigenvalue weighted by Gasteiger charge is -2.34. The molecular formula is C14H22N2OS. The number of hydrogen-bond acceptors (Lipinski definition) is 3. The van der Waals surface area contributed by atoms with Gasteiger partial charge in [-0.25, -0.2) is 0 Å². The van der Waals surface area contributed by atoms with Crippen molar-refractivity contribution in [1.29, 1.82) is 0 Å². The van der Waals surface area contributed by atoms with Gasteiger partial charge < -0.3 is 4.90 Å². The van der Waals surface area contributed by atoms with Crippen molar-refractivity contribution in [2.24, 2.45) is 0 Å². The molecule has 0 radical (unpaired) electrons. The first kappa shape index (κ1) is 13.6. The summed E-state index contributed by atoms with van der Waals surface area (Å²) in [5.74, 6) is 0.218. The Kier molecular flexibility index (Phi) is 4.07. The molecule has 0 unspecified atom stereocenters. The molecule has 0 aromatic carbocycles. The van der Waals surface area contributed by atoms with E-state index in [9.17, 15) is 4.79 Å². The van der Waals surface area contributed by atoms with Gasteiger partial charge in [0.05, 0.1) is 6.54 Å². The zero-order valence-electron chi connectivity index (χ0n) is 11.6. The Morgan fingerprint density at radius 1 is 1.61 bits per heavy atom. The van der Waals surface area contributed by atoms with Gasteiger partial charge in [0.25, 0.3) is 0 Å². The predicted octanol–water partition coefficient (Wildman–Crippen LogP) is 2.53. The number of likely N-dealkylation sites (N-methyl/N-ethyl adjacent to an activating group) is 1. The molecular weight excluding hydrogens is 244 g/mol. The Hall–Kier alpha value is -0.870. The van der Waals surface area contributed by atoms with Crippen LogP contribution in [0.4, 0.5) is 0 Å². The van der Waals surface area contributed by atoms with Crippen LogP contribution in [0.5, 0.6) is 0 Å². The maximum Gasteiger partial charge on any atom is 0.236 e. The molecule has 100 valence electrons. The molecule has 4 heteroatoms. The zero-order valence-corrected chi connectivity index (χ0v) is 12.5. The quantitative estimate of drug-likeness (QED) is 0.839. The average Bonchev–Trinajstić information content (AvgIpc) is 2.80. The minimum atomic E-state index is 0.218. The van der Waals surface area contributed by atoms with E-state index in [0.29, 0.717) is 12.6 Å². The number of thiophene rings is 1. The van der Waals surface area contributed by atoms with Crippen LogP contribution in [-0.4, -0.2) is 41.9 Å². The second kappa shape index (κ2) is 5.41. The zero-order chi connectivity index (χ0) is 13.3. The molecule has 1 aliphatic heterocycles. The van der Waals surface area contributed by atoms with Crippen LogP contribution in [-0.2, 0) is 11.2 Å². The van der Waals surface area contributed by atoms with Gasteiger partial charge in [-0.1, -0.05) is 0 Å². The molecule has 3 nitrogen and oxygen atoms in total. The number of nitrogens with zero attached hydrogens (tertiary/aromatic N) is 2. The third-order valence-electron chi connectivity index (χ3n) is 3.91. The van der Waals surface area contributed by atoms with Gasteiger partial charge in [0.2, 0.25) is 5.91 Å². The molecule has 1 atom stereocenters. The van der Waals surface area contributed by atoms with Crippen molar-refractivity contribution < 1.29 is 4.79 Å². The standard InChI is InChI=1S/C14H22N2OS/c1-10(2)15(4)14(17)9-16-7-5-13-12(11(16)3)6-8-18-13/h6,8,10-11H,5,7,9H2,1-4H3/t11-/m0/s1. The fourth-order valence-electron chi connectivity index (χ4n) is 2.35. The van der Waals surface area contributed by atoms with Crippen molar-refractivity contribution in [2.75, 3.05) is 20.1 Å². The van der Waals surface area contributed by atoms with Crippen molar-refractivity contribution in [3.63, 3.8) is 0 Å². The average molecular weight is 266 g/mol. The summed E-state index contributed by atoms with van der Waals surface area (Å²) >= 11 is 1.84. The number of hydrogen-bond donors (Lipinski definition) is 0. The van der Waals surface area contributed by atoms with E-state index in [0.717, 1.165) is 13.0 Å². The van der Waals surface area contributed by atoms with Crippen LogP contribution in [0, 0.1) is 0 Å². The molecule has 0 saturated heterocycles. The highest BCUT2D eigenvalue weighted by molar-refractivity contribution is 7.10. The highest BCUT2D eigenvalue weighted by Crippen LogP contribution is 2.32. The molecule has 1 amide bonds. The van der Waals surface area contributed by atoms with E-state index in [-0.39, 0.29) is 11.9 Å². The van der Waals surface area contributed by atoms with Crippen molar-refractivity contribution in [1.82, 2.24) is 9.80 Å². The van der Waals surface area contributed by atoms with Crippen LogP contribution in [0.15, 0.2) is 11.4 Å². The Bertz CT molecular complexity index is 427. The molecule has 1 aliphatic rings.